The third kappa shape index (κ3) is 2.35. The van der Waals surface area contributed by atoms with E-state index in [1.165, 1.54) is 0 Å². The smallest absolute Gasteiger partial charge is 0.478 e. The van der Waals surface area contributed by atoms with Crippen LogP contribution in [0.3, 0.4) is 0 Å². The first-order chi connectivity index (χ1) is 8.36. The zero-order chi connectivity index (χ0) is 13.4. The molecule has 2 heterocycles. The molecule has 1 aromatic heterocycles. The molecule has 0 bridgehead atoms. The van der Waals surface area contributed by atoms with Crippen molar-refractivity contribution in [3.63, 3.8) is 0 Å². The highest BCUT2D eigenvalue weighted by molar-refractivity contribution is 6.60. The van der Waals surface area contributed by atoms with Gasteiger partial charge in [0, 0.05) is 12.3 Å². The van der Waals surface area contributed by atoms with Crippen molar-refractivity contribution in [1.82, 2.24) is 9.97 Å². The Hall–Kier alpha value is -1.14. The first-order valence-corrected chi connectivity index (χ1v) is 6.17. The van der Waals surface area contributed by atoms with Crippen LogP contribution >= 0.6 is 0 Å². The standard InChI is InChI=1S/C12H19BN2O3/c1-6-16-9-7-8-14-10(15-9)13-17-11(2,3)12(4,5)18-13/h7-8H,6H2,1-5H3. The van der Waals surface area contributed by atoms with Gasteiger partial charge in [-0.05, 0) is 34.6 Å². The van der Waals surface area contributed by atoms with Crippen molar-refractivity contribution in [1.29, 1.82) is 0 Å². The Kier molecular flexibility index (Phi) is 3.34. The number of ether oxygens (including phenoxy) is 1. The van der Waals surface area contributed by atoms with Gasteiger partial charge in [-0.3, -0.25) is 0 Å². The molecule has 1 aliphatic heterocycles. The molecule has 1 saturated heterocycles. The molecular weight excluding hydrogens is 231 g/mol. The second-order valence-corrected chi connectivity index (χ2v) is 5.27. The summed E-state index contributed by atoms with van der Waals surface area (Å²) in [5.74, 6) is 0.539. The Morgan fingerprint density at radius 1 is 1.22 bits per heavy atom. The van der Waals surface area contributed by atoms with Crippen LogP contribution in [0.15, 0.2) is 12.3 Å². The van der Waals surface area contributed by atoms with Gasteiger partial charge in [-0.15, -0.1) is 0 Å². The molecule has 0 unspecified atom stereocenters. The lowest BCUT2D eigenvalue weighted by molar-refractivity contribution is 0.00578. The molecule has 0 saturated carbocycles. The lowest BCUT2D eigenvalue weighted by atomic mass is 9.89. The summed E-state index contributed by atoms with van der Waals surface area (Å²) in [4.78, 5) is 8.49. The molecule has 5 nitrogen and oxygen atoms in total. The van der Waals surface area contributed by atoms with E-state index < -0.39 is 7.12 Å². The van der Waals surface area contributed by atoms with Gasteiger partial charge in [-0.2, -0.15) is 0 Å². The third-order valence-corrected chi connectivity index (χ3v) is 3.40. The van der Waals surface area contributed by atoms with Crippen molar-refractivity contribution in [2.24, 2.45) is 0 Å². The molecule has 0 amide bonds. The largest absolute Gasteiger partial charge is 0.534 e. The molecule has 0 N–H and O–H groups in total. The summed E-state index contributed by atoms with van der Waals surface area (Å²) in [6.45, 7) is 10.5. The van der Waals surface area contributed by atoms with Crippen LogP contribution in [0.4, 0.5) is 0 Å². The lowest BCUT2D eigenvalue weighted by Gasteiger charge is -2.32. The summed E-state index contributed by atoms with van der Waals surface area (Å²) in [7, 11) is -0.546. The minimum atomic E-state index is -0.546. The van der Waals surface area contributed by atoms with Gasteiger partial charge >= 0.3 is 7.12 Å². The summed E-state index contributed by atoms with van der Waals surface area (Å²) in [5, 5.41) is 0. The Morgan fingerprint density at radius 3 is 2.39 bits per heavy atom. The molecule has 1 aromatic rings. The predicted molar refractivity (Wildman–Crippen MR) is 68.9 cm³/mol. The predicted octanol–water partition coefficient (Wildman–Crippen LogP) is 1.17. The van der Waals surface area contributed by atoms with E-state index >= 15 is 0 Å². The van der Waals surface area contributed by atoms with Gasteiger partial charge < -0.3 is 14.0 Å². The SMILES string of the molecule is CCOc1ccnc(B2OC(C)(C)C(C)(C)O2)n1. The molecule has 0 radical (unpaired) electrons. The van der Waals surface area contributed by atoms with Crippen LogP contribution in [-0.4, -0.2) is 34.9 Å². The van der Waals surface area contributed by atoms with E-state index in [-0.39, 0.29) is 11.2 Å². The molecule has 1 fully saturated rings. The van der Waals surface area contributed by atoms with E-state index in [0.29, 0.717) is 18.2 Å². The summed E-state index contributed by atoms with van der Waals surface area (Å²) in [6, 6.07) is 1.72. The van der Waals surface area contributed by atoms with Crippen molar-refractivity contribution < 1.29 is 14.0 Å². The number of hydrogen-bond donors (Lipinski definition) is 0. The summed E-state index contributed by atoms with van der Waals surface area (Å²) in [6.07, 6.45) is 1.65. The first kappa shape index (κ1) is 13.3. The second kappa shape index (κ2) is 4.51. The van der Waals surface area contributed by atoms with Gasteiger partial charge in [0.05, 0.1) is 17.8 Å². The Balaban J connectivity index is 2.21. The van der Waals surface area contributed by atoms with Crippen LogP contribution in [-0.2, 0) is 9.31 Å². The zero-order valence-corrected chi connectivity index (χ0v) is 11.6. The molecule has 0 spiro atoms. The quantitative estimate of drug-likeness (QED) is 0.754. The minimum absolute atomic E-state index is 0.386. The lowest BCUT2D eigenvalue weighted by Crippen LogP contribution is -2.41. The van der Waals surface area contributed by atoms with Crippen LogP contribution in [0.5, 0.6) is 5.88 Å². The van der Waals surface area contributed by atoms with Gasteiger partial charge in [0.2, 0.25) is 5.88 Å². The van der Waals surface area contributed by atoms with Crippen LogP contribution in [0.1, 0.15) is 34.6 Å². The van der Waals surface area contributed by atoms with Gasteiger partial charge in [0.15, 0.2) is 5.72 Å². The van der Waals surface area contributed by atoms with Gasteiger partial charge in [0.25, 0.3) is 0 Å². The summed E-state index contributed by atoms with van der Waals surface area (Å²) < 4.78 is 17.1. The van der Waals surface area contributed by atoms with Crippen molar-refractivity contribution in [2.75, 3.05) is 6.61 Å². The second-order valence-electron chi connectivity index (χ2n) is 5.27. The fraction of sp³-hybridized carbons (Fsp3) is 0.667. The number of nitrogens with zero attached hydrogens (tertiary/aromatic N) is 2. The Labute approximate surface area is 108 Å². The monoisotopic (exact) mass is 250 g/mol. The van der Waals surface area contributed by atoms with E-state index in [1.807, 2.05) is 34.6 Å². The molecule has 0 aromatic carbocycles. The molecule has 0 atom stereocenters. The first-order valence-electron chi connectivity index (χ1n) is 6.17. The van der Waals surface area contributed by atoms with Gasteiger partial charge in [-0.25, -0.2) is 9.97 Å². The average molecular weight is 250 g/mol. The summed E-state index contributed by atoms with van der Waals surface area (Å²) in [5.41, 5.74) is -0.273. The molecule has 6 heteroatoms. The van der Waals surface area contributed by atoms with Crippen LogP contribution in [0, 0.1) is 0 Å². The third-order valence-electron chi connectivity index (χ3n) is 3.40. The van der Waals surface area contributed by atoms with Crippen molar-refractivity contribution in [3.05, 3.63) is 12.3 Å². The normalized spacial score (nSPS) is 21.1. The van der Waals surface area contributed by atoms with Crippen LogP contribution in [0.25, 0.3) is 0 Å². The summed E-state index contributed by atoms with van der Waals surface area (Å²) >= 11 is 0. The van der Waals surface area contributed by atoms with Crippen LogP contribution < -0.4 is 10.5 Å². The average Bonchev–Trinajstić information content (AvgIpc) is 2.49. The molecular formula is C12H19BN2O3. The molecule has 98 valence electrons. The van der Waals surface area contributed by atoms with Crippen LogP contribution in [0.2, 0.25) is 0 Å². The van der Waals surface area contributed by atoms with Crippen molar-refractivity contribution in [2.45, 2.75) is 45.8 Å². The highest BCUT2D eigenvalue weighted by atomic mass is 16.7. The fourth-order valence-corrected chi connectivity index (χ4v) is 1.65. The molecule has 1 aliphatic rings. The molecule has 2 rings (SSSR count). The highest BCUT2D eigenvalue weighted by Gasteiger charge is 2.53. The Bertz CT molecular complexity index is 421. The molecule has 18 heavy (non-hydrogen) atoms. The van der Waals surface area contributed by atoms with E-state index in [1.54, 1.807) is 12.3 Å². The minimum Gasteiger partial charge on any atom is -0.478 e. The van der Waals surface area contributed by atoms with Crippen molar-refractivity contribution in [3.8, 4) is 5.88 Å². The maximum atomic E-state index is 5.88. The fourth-order valence-electron chi connectivity index (χ4n) is 1.65. The van der Waals surface area contributed by atoms with E-state index in [2.05, 4.69) is 9.97 Å². The van der Waals surface area contributed by atoms with E-state index in [9.17, 15) is 0 Å². The highest BCUT2D eigenvalue weighted by Crippen LogP contribution is 2.36. The number of rotatable bonds is 3. The van der Waals surface area contributed by atoms with Gasteiger partial charge in [-0.1, -0.05) is 0 Å². The van der Waals surface area contributed by atoms with Crippen molar-refractivity contribution >= 4 is 12.8 Å². The number of hydrogen-bond acceptors (Lipinski definition) is 5. The number of aromatic nitrogens is 2. The van der Waals surface area contributed by atoms with Gasteiger partial charge in [0.1, 0.15) is 0 Å². The maximum Gasteiger partial charge on any atom is 0.534 e. The maximum absolute atomic E-state index is 5.88. The topological polar surface area (TPSA) is 53.5 Å². The Morgan fingerprint density at radius 2 is 1.83 bits per heavy atom. The van der Waals surface area contributed by atoms with E-state index in [4.69, 9.17) is 14.0 Å². The zero-order valence-electron chi connectivity index (χ0n) is 11.6. The van der Waals surface area contributed by atoms with E-state index in [0.717, 1.165) is 0 Å². The molecule has 0 aliphatic carbocycles.